The van der Waals surface area contributed by atoms with Crippen LogP contribution in [0.15, 0.2) is 48.5 Å². The number of carbonyl (C=O) groups is 1. The molecule has 0 heterocycles. The monoisotopic (exact) mass is 448 g/mol. The van der Waals surface area contributed by atoms with Gasteiger partial charge in [-0.1, -0.05) is 24.3 Å². The number of nitrogens with one attached hydrogen (secondary N) is 1. The third kappa shape index (κ3) is 6.17. The fourth-order valence-corrected chi connectivity index (χ4v) is 3.96. The van der Waals surface area contributed by atoms with Gasteiger partial charge in [0.05, 0.1) is 12.1 Å². The number of halogens is 2. The summed E-state index contributed by atoms with van der Waals surface area (Å²) in [4.78, 5) is 14.3. The molecule has 0 unspecified atom stereocenters. The van der Waals surface area contributed by atoms with Crippen molar-refractivity contribution in [1.29, 1.82) is 0 Å². The van der Waals surface area contributed by atoms with Crippen molar-refractivity contribution in [3.63, 3.8) is 0 Å². The minimum Gasteiger partial charge on any atom is -0.485 e. The quantitative estimate of drug-likeness (QED) is 0.702. The Bertz CT molecular complexity index is 917. The predicted molar refractivity (Wildman–Crippen MR) is 116 cm³/mol. The molecule has 2 aromatic carbocycles. The van der Waals surface area contributed by atoms with E-state index in [0.717, 1.165) is 5.56 Å². The standard InChI is InChI=1S/C24H30F2N2O4/c1-24(2,3)32-23(30)27-18-13-20(31-19-8-6-5-7-17(19)26)22(29)21(18)28(4)14-15-9-11-16(25)12-10-15/h5-12,18,20-22,29H,13-14H2,1-4H3,(H,27,30)/t18-,20-,21+,22+/m1/s1. The third-order valence-electron chi connectivity index (χ3n) is 5.30. The zero-order valence-corrected chi connectivity index (χ0v) is 18.7. The molecule has 0 aromatic heterocycles. The van der Waals surface area contributed by atoms with Crippen LogP contribution in [-0.4, -0.2) is 53.0 Å². The molecule has 0 bridgehead atoms. The van der Waals surface area contributed by atoms with E-state index in [0.29, 0.717) is 6.54 Å². The van der Waals surface area contributed by atoms with Gasteiger partial charge in [0.1, 0.15) is 23.6 Å². The highest BCUT2D eigenvalue weighted by Gasteiger charge is 2.47. The van der Waals surface area contributed by atoms with E-state index in [2.05, 4.69) is 5.32 Å². The maximum Gasteiger partial charge on any atom is 0.407 e. The summed E-state index contributed by atoms with van der Waals surface area (Å²) in [5.41, 5.74) is 0.162. The number of para-hydroxylation sites is 1. The van der Waals surface area contributed by atoms with E-state index in [1.54, 1.807) is 52.1 Å². The first-order valence-corrected chi connectivity index (χ1v) is 10.6. The number of hydrogen-bond donors (Lipinski definition) is 2. The highest BCUT2D eigenvalue weighted by Crippen LogP contribution is 2.31. The van der Waals surface area contributed by atoms with Gasteiger partial charge in [-0.05, 0) is 57.6 Å². The maximum atomic E-state index is 14.1. The number of nitrogens with zero attached hydrogens (tertiary/aromatic N) is 1. The van der Waals surface area contributed by atoms with Gasteiger partial charge in [0.25, 0.3) is 0 Å². The molecule has 2 N–H and O–H groups in total. The fraction of sp³-hybridized carbons (Fsp3) is 0.458. The lowest BCUT2D eigenvalue weighted by atomic mass is 10.1. The van der Waals surface area contributed by atoms with Crippen LogP contribution < -0.4 is 10.1 Å². The van der Waals surface area contributed by atoms with Crippen LogP contribution in [0.4, 0.5) is 13.6 Å². The van der Waals surface area contributed by atoms with Crippen molar-refractivity contribution in [2.24, 2.45) is 0 Å². The molecule has 0 saturated heterocycles. The SMILES string of the molecule is CN(Cc1ccc(F)cc1)[C@@H]1[C@@H](O)[C@H](Oc2ccccc2F)C[C@H]1NC(=O)OC(C)(C)C. The number of carbonyl (C=O) groups excluding carboxylic acids is 1. The largest absolute Gasteiger partial charge is 0.485 e. The second-order valence-electron chi connectivity index (χ2n) is 9.10. The van der Waals surface area contributed by atoms with Gasteiger partial charge in [0, 0.05) is 13.0 Å². The molecule has 0 spiro atoms. The van der Waals surface area contributed by atoms with E-state index in [-0.39, 0.29) is 18.0 Å². The number of hydrogen-bond acceptors (Lipinski definition) is 5. The Balaban J connectivity index is 1.79. The summed E-state index contributed by atoms with van der Waals surface area (Å²) in [5, 5.41) is 13.9. The number of ether oxygens (including phenoxy) is 2. The topological polar surface area (TPSA) is 71.0 Å². The first kappa shape index (κ1) is 23.9. The second kappa shape index (κ2) is 9.83. The molecule has 1 amide bonds. The number of rotatable bonds is 6. The third-order valence-corrected chi connectivity index (χ3v) is 5.30. The van der Waals surface area contributed by atoms with E-state index in [4.69, 9.17) is 9.47 Å². The molecule has 2 aromatic rings. The van der Waals surface area contributed by atoms with Gasteiger partial charge >= 0.3 is 6.09 Å². The van der Waals surface area contributed by atoms with Gasteiger partial charge in [-0.3, -0.25) is 4.90 Å². The minimum absolute atomic E-state index is 0.0365. The maximum absolute atomic E-state index is 14.1. The summed E-state index contributed by atoms with van der Waals surface area (Å²) in [6.07, 6.45) is -2.11. The Morgan fingerprint density at radius 2 is 1.81 bits per heavy atom. The number of amides is 1. The molecule has 0 radical (unpaired) electrons. The summed E-state index contributed by atoms with van der Waals surface area (Å²) in [7, 11) is 1.80. The molecule has 32 heavy (non-hydrogen) atoms. The molecule has 8 heteroatoms. The van der Waals surface area contributed by atoms with E-state index < -0.39 is 41.8 Å². The molecule has 1 aliphatic rings. The highest BCUT2D eigenvalue weighted by atomic mass is 19.1. The predicted octanol–water partition coefficient (Wildman–Crippen LogP) is 3.87. The average Bonchev–Trinajstić information content (AvgIpc) is 2.98. The van der Waals surface area contributed by atoms with Gasteiger partial charge in [-0.2, -0.15) is 0 Å². The van der Waals surface area contributed by atoms with Crippen molar-refractivity contribution < 1.29 is 28.2 Å². The van der Waals surface area contributed by atoms with Crippen molar-refractivity contribution in [2.75, 3.05) is 7.05 Å². The molecule has 1 fully saturated rings. The molecule has 6 nitrogen and oxygen atoms in total. The van der Waals surface area contributed by atoms with Crippen molar-refractivity contribution >= 4 is 6.09 Å². The summed E-state index contributed by atoms with van der Waals surface area (Å²) in [5.74, 6) is -0.825. The number of aliphatic hydroxyl groups excluding tert-OH is 1. The minimum atomic E-state index is -1.01. The lowest BCUT2D eigenvalue weighted by molar-refractivity contribution is 0.00968. The molecular formula is C24H30F2N2O4. The number of likely N-dealkylation sites (N-methyl/N-ethyl adjacent to an activating group) is 1. The number of benzene rings is 2. The van der Waals surface area contributed by atoms with Crippen LogP contribution in [0.1, 0.15) is 32.8 Å². The first-order valence-electron chi connectivity index (χ1n) is 10.6. The molecule has 0 aliphatic heterocycles. The Hall–Kier alpha value is -2.71. The van der Waals surface area contributed by atoms with Crippen LogP contribution in [-0.2, 0) is 11.3 Å². The van der Waals surface area contributed by atoms with E-state index in [1.165, 1.54) is 24.3 Å². The highest BCUT2D eigenvalue weighted by molar-refractivity contribution is 5.68. The summed E-state index contributed by atoms with van der Waals surface area (Å²) >= 11 is 0. The average molecular weight is 449 g/mol. The van der Waals surface area contributed by atoms with Gasteiger partial charge in [0.2, 0.25) is 0 Å². The first-order chi connectivity index (χ1) is 15.0. The molecule has 174 valence electrons. The lowest BCUT2D eigenvalue weighted by Crippen LogP contribution is -2.52. The van der Waals surface area contributed by atoms with Crippen molar-refractivity contribution in [3.05, 3.63) is 65.7 Å². The van der Waals surface area contributed by atoms with Crippen LogP contribution in [0.2, 0.25) is 0 Å². The Kier molecular flexibility index (Phi) is 7.36. The van der Waals surface area contributed by atoms with Gasteiger partial charge in [-0.15, -0.1) is 0 Å². The molecule has 1 saturated carbocycles. The Morgan fingerprint density at radius 3 is 2.44 bits per heavy atom. The normalized spacial score (nSPS) is 23.2. The van der Waals surface area contributed by atoms with Crippen LogP contribution >= 0.6 is 0 Å². The van der Waals surface area contributed by atoms with Gasteiger partial charge in [0.15, 0.2) is 11.6 Å². The fourth-order valence-electron chi connectivity index (χ4n) is 3.96. The van der Waals surface area contributed by atoms with E-state index >= 15 is 0 Å². The molecular weight excluding hydrogens is 418 g/mol. The van der Waals surface area contributed by atoms with Crippen molar-refractivity contribution in [3.8, 4) is 5.75 Å². The number of aliphatic hydroxyl groups is 1. The smallest absolute Gasteiger partial charge is 0.407 e. The Labute approximate surface area is 187 Å². The van der Waals surface area contributed by atoms with Crippen molar-refractivity contribution in [2.45, 2.75) is 63.6 Å². The van der Waals surface area contributed by atoms with Crippen LogP contribution in [0.25, 0.3) is 0 Å². The summed E-state index contributed by atoms with van der Waals surface area (Å²) in [6, 6.07) is 11.0. The lowest BCUT2D eigenvalue weighted by Gasteiger charge is -2.32. The van der Waals surface area contributed by atoms with Crippen LogP contribution in [0, 0.1) is 11.6 Å². The summed E-state index contributed by atoms with van der Waals surface area (Å²) in [6.45, 7) is 5.69. The Morgan fingerprint density at radius 1 is 1.16 bits per heavy atom. The zero-order valence-electron chi connectivity index (χ0n) is 18.7. The van der Waals surface area contributed by atoms with Gasteiger partial charge in [-0.25, -0.2) is 13.6 Å². The van der Waals surface area contributed by atoms with E-state index in [9.17, 15) is 18.7 Å². The van der Waals surface area contributed by atoms with Crippen LogP contribution in [0.3, 0.4) is 0 Å². The molecule has 4 atom stereocenters. The summed E-state index contributed by atoms with van der Waals surface area (Å²) < 4.78 is 38.5. The second-order valence-corrected chi connectivity index (χ2v) is 9.10. The van der Waals surface area contributed by atoms with Crippen LogP contribution in [0.5, 0.6) is 5.75 Å². The van der Waals surface area contributed by atoms with Crippen molar-refractivity contribution in [1.82, 2.24) is 10.2 Å². The molecule has 3 rings (SSSR count). The van der Waals surface area contributed by atoms with E-state index in [1.807, 2.05) is 4.90 Å². The van der Waals surface area contributed by atoms with Gasteiger partial charge < -0.3 is 19.9 Å². The zero-order chi connectivity index (χ0) is 23.5. The number of alkyl carbamates (subject to hydrolysis) is 1. The molecule has 1 aliphatic carbocycles.